The van der Waals surface area contributed by atoms with Gasteiger partial charge in [-0.15, -0.1) is 5.10 Å². The van der Waals surface area contributed by atoms with Gasteiger partial charge in [-0.25, -0.2) is 9.36 Å². The molecule has 152 valence electrons. The van der Waals surface area contributed by atoms with Crippen LogP contribution in [0.4, 0.5) is 0 Å². The normalized spacial score (nSPS) is 17.7. The summed E-state index contributed by atoms with van der Waals surface area (Å²) in [6.07, 6.45) is 9.27. The maximum absolute atomic E-state index is 12.3. The number of piperidine rings is 1. The molecule has 1 fully saturated rings. The van der Waals surface area contributed by atoms with Crippen LogP contribution >= 0.6 is 0 Å². The van der Waals surface area contributed by atoms with Gasteiger partial charge in [-0.1, -0.05) is 0 Å². The van der Waals surface area contributed by atoms with Crippen LogP contribution in [0.1, 0.15) is 36.2 Å². The molecule has 0 radical (unpaired) electrons. The molecule has 0 N–H and O–H groups in total. The van der Waals surface area contributed by atoms with Gasteiger partial charge in [0.15, 0.2) is 5.82 Å². The number of nitrogens with zero attached hydrogens (tertiary/aromatic N) is 7. The summed E-state index contributed by atoms with van der Waals surface area (Å²) in [6, 6.07) is 5.16. The highest BCUT2D eigenvalue weighted by Crippen LogP contribution is 2.27. The van der Waals surface area contributed by atoms with Crippen LogP contribution in [0.5, 0.6) is 0 Å². The molecular weight excluding hydrogens is 366 g/mol. The van der Waals surface area contributed by atoms with Crippen LogP contribution < -0.4 is 5.56 Å². The topological polar surface area (TPSA) is 73.8 Å². The Hall–Kier alpha value is -2.74. The first-order valence-corrected chi connectivity index (χ1v) is 10.5. The molecule has 4 heterocycles. The Balaban J connectivity index is 1.22. The average molecular weight is 393 g/mol. The molecule has 1 aliphatic carbocycles. The molecule has 1 aliphatic heterocycles. The zero-order valence-corrected chi connectivity index (χ0v) is 16.9. The van der Waals surface area contributed by atoms with Gasteiger partial charge in [0.05, 0.1) is 11.4 Å². The second kappa shape index (κ2) is 7.59. The van der Waals surface area contributed by atoms with E-state index >= 15 is 0 Å². The number of hydrogen-bond donors (Lipinski definition) is 0. The third-order valence-corrected chi connectivity index (χ3v) is 6.30. The fourth-order valence-electron chi connectivity index (χ4n) is 4.66. The highest BCUT2D eigenvalue weighted by Gasteiger charge is 2.25. The summed E-state index contributed by atoms with van der Waals surface area (Å²) in [5.74, 6) is 1.15. The van der Waals surface area contributed by atoms with E-state index in [1.54, 1.807) is 27.7 Å². The highest BCUT2D eigenvalue weighted by molar-refractivity contribution is 5.30. The molecule has 1 saturated heterocycles. The molecule has 0 bridgehead atoms. The van der Waals surface area contributed by atoms with Crippen molar-refractivity contribution in [3.63, 3.8) is 0 Å². The second-order valence-corrected chi connectivity index (χ2v) is 8.23. The number of fused-ring (bicyclic) bond motifs is 1. The van der Waals surface area contributed by atoms with E-state index in [0.29, 0.717) is 18.3 Å². The van der Waals surface area contributed by atoms with Crippen molar-refractivity contribution in [1.29, 1.82) is 0 Å². The van der Waals surface area contributed by atoms with Crippen molar-refractivity contribution in [3.05, 3.63) is 57.9 Å². The van der Waals surface area contributed by atoms with Gasteiger partial charge in [-0.05, 0) is 68.8 Å². The van der Waals surface area contributed by atoms with Crippen LogP contribution in [-0.4, -0.2) is 47.3 Å². The molecule has 0 saturated carbocycles. The quantitative estimate of drug-likeness (QED) is 0.658. The maximum atomic E-state index is 12.3. The minimum absolute atomic E-state index is 0.0474. The Labute approximate surface area is 169 Å². The van der Waals surface area contributed by atoms with Crippen molar-refractivity contribution >= 4 is 0 Å². The number of hydrogen-bond acceptors (Lipinski definition) is 5. The predicted octanol–water partition coefficient (Wildman–Crippen LogP) is 1.56. The summed E-state index contributed by atoms with van der Waals surface area (Å²) in [5, 5.41) is 13.4. The Bertz CT molecular complexity index is 1040. The Morgan fingerprint density at radius 1 is 1.14 bits per heavy atom. The fourth-order valence-corrected chi connectivity index (χ4v) is 4.66. The second-order valence-electron chi connectivity index (χ2n) is 8.23. The molecule has 5 rings (SSSR count). The van der Waals surface area contributed by atoms with Crippen LogP contribution in [0.3, 0.4) is 0 Å². The van der Waals surface area contributed by atoms with Gasteiger partial charge in [-0.3, -0.25) is 14.4 Å². The third-order valence-electron chi connectivity index (χ3n) is 6.30. The Morgan fingerprint density at radius 3 is 2.79 bits per heavy atom. The minimum atomic E-state index is -0.0474. The monoisotopic (exact) mass is 393 g/mol. The summed E-state index contributed by atoms with van der Waals surface area (Å²) < 4.78 is 5.37. The van der Waals surface area contributed by atoms with E-state index < -0.39 is 0 Å². The smallest absolute Gasteiger partial charge is 0.266 e. The molecule has 3 aromatic rings. The van der Waals surface area contributed by atoms with Crippen molar-refractivity contribution in [1.82, 2.24) is 34.2 Å². The van der Waals surface area contributed by atoms with E-state index in [2.05, 4.69) is 26.8 Å². The lowest BCUT2D eigenvalue weighted by Gasteiger charge is -2.32. The van der Waals surface area contributed by atoms with Crippen molar-refractivity contribution in [2.24, 2.45) is 13.0 Å². The van der Waals surface area contributed by atoms with E-state index in [0.717, 1.165) is 38.9 Å². The van der Waals surface area contributed by atoms with Crippen LogP contribution in [0, 0.1) is 5.92 Å². The summed E-state index contributed by atoms with van der Waals surface area (Å²) >= 11 is 0. The van der Waals surface area contributed by atoms with Gasteiger partial charge in [-0.2, -0.15) is 10.2 Å². The molecule has 0 atom stereocenters. The maximum Gasteiger partial charge on any atom is 0.266 e. The molecule has 0 amide bonds. The van der Waals surface area contributed by atoms with Crippen LogP contribution in [0.2, 0.25) is 0 Å². The number of rotatable bonds is 5. The molecule has 8 heteroatoms. The van der Waals surface area contributed by atoms with Crippen molar-refractivity contribution in [3.8, 4) is 5.82 Å². The first-order valence-electron chi connectivity index (χ1n) is 10.5. The predicted molar refractivity (Wildman–Crippen MR) is 109 cm³/mol. The first kappa shape index (κ1) is 18.3. The SMILES string of the molecule is Cn1nc2c(c1CN1CCC(Cn3nc(-n4cccn4)ccc3=O)CC1)CCC2. The van der Waals surface area contributed by atoms with E-state index in [9.17, 15) is 4.79 Å². The van der Waals surface area contributed by atoms with E-state index in [-0.39, 0.29) is 5.56 Å². The first-order chi connectivity index (χ1) is 14.2. The zero-order valence-electron chi connectivity index (χ0n) is 16.9. The fraction of sp³-hybridized carbons (Fsp3) is 0.524. The minimum Gasteiger partial charge on any atom is -0.297 e. The molecule has 0 aromatic carbocycles. The lowest BCUT2D eigenvalue weighted by Crippen LogP contribution is -2.37. The summed E-state index contributed by atoms with van der Waals surface area (Å²) in [5.41, 5.74) is 4.13. The number of aromatic nitrogens is 6. The molecule has 3 aromatic heterocycles. The molecule has 0 unspecified atom stereocenters. The standard InChI is InChI=1S/C21H27N7O/c1-25-19(17-4-2-5-18(17)23-25)15-26-12-8-16(9-13-26)14-28-21(29)7-6-20(24-28)27-11-3-10-22-27/h3,6-7,10-11,16H,2,4-5,8-9,12-15H2,1H3. The lowest BCUT2D eigenvalue weighted by atomic mass is 9.96. The van der Waals surface area contributed by atoms with E-state index in [1.165, 1.54) is 29.8 Å². The lowest BCUT2D eigenvalue weighted by molar-refractivity contribution is 0.160. The molecule has 8 nitrogen and oxygen atoms in total. The third kappa shape index (κ3) is 3.64. The van der Waals surface area contributed by atoms with Crippen molar-refractivity contribution in [2.45, 2.75) is 45.2 Å². The van der Waals surface area contributed by atoms with E-state index in [1.807, 2.05) is 12.3 Å². The molecule has 0 spiro atoms. The van der Waals surface area contributed by atoms with Gasteiger partial charge in [0.2, 0.25) is 0 Å². The van der Waals surface area contributed by atoms with E-state index in [4.69, 9.17) is 5.10 Å². The number of likely N-dealkylation sites (tertiary alicyclic amines) is 1. The van der Waals surface area contributed by atoms with Gasteiger partial charge in [0.1, 0.15) is 0 Å². The molecule has 29 heavy (non-hydrogen) atoms. The van der Waals surface area contributed by atoms with Crippen molar-refractivity contribution < 1.29 is 0 Å². The van der Waals surface area contributed by atoms with Gasteiger partial charge in [0.25, 0.3) is 5.56 Å². The van der Waals surface area contributed by atoms with Gasteiger partial charge < -0.3 is 0 Å². The molecule has 2 aliphatic rings. The van der Waals surface area contributed by atoms with Crippen molar-refractivity contribution in [2.75, 3.05) is 13.1 Å². The summed E-state index contributed by atoms with van der Waals surface area (Å²) in [4.78, 5) is 14.8. The highest BCUT2D eigenvalue weighted by atomic mass is 16.1. The van der Waals surface area contributed by atoms with Crippen LogP contribution in [0.25, 0.3) is 5.82 Å². The number of aryl methyl sites for hydroxylation is 2. The largest absolute Gasteiger partial charge is 0.297 e. The Morgan fingerprint density at radius 2 is 2.00 bits per heavy atom. The van der Waals surface area contributed by atoms with Gasteiger partial charge in [0, 0.05) is 38.6 Å². The summed E-state index contributed by atoms with van der Waals surface area (Å²) in [7, 11) is 2.07. The summed E-state index contributed by atoms with van der Waals surface area (Å²) in [6.45, 7) is 3.76. The molecular formula is C21H27N7O. The van der Waals surface area contributed by atoms with Crippen LogP contribution in [0.15, 0.2) is 35.4 Å². The zero-order chi connectivity index (χ0) is 19.8. The average Bonchev–Trinajstić information content (AvgIpc) is 3.45. The van der Waals surface area contributed by atoms with Gasteiger partial charge >= 0.3 is 0 Å². The Kier molecular flexibility index (Phi) is 4.79. The van der Waals surface area contributed by atoms with Crippen LogP contribution in [-0.2, 0) is 33.0 Å².